The Bertz CT molecular complexity index is 394. The van der Waals surface area contributed by atoms with Gasteiger partial charge in [-0.05, 0) is 36.6 Å². The van der Waals surface area contributed by atoms with Gasteiger partial charge in [-0.25, -0.2) is 0 Å². The third-order valence-electron chi connectivity index (χ3n) is 3.00. The summed E-state index contributed by atoms with van der Waals surface area (Å²) in [6.07, 6.45) is 1.12. The molecule has 2 rings (SSSR count). The summed E-state index contributed by atoms with van der Waals surface area (Å²) in [7, 11) is 0. The van der Waals surface area contributed by atoms with Crippen molar-refractivity contribution in [2.45, 2.75) is 18.9 Å². The third-order valence-corrected chi connectivity index (χ3v) is 3.23. The van der Waals surface area contributed by atoms with Gasteiger partial charge in [-0.1, -0.05) is 23.7 Å². The second-order valence-electron chi connectivity index (χ2n) is 4.13. The molecular weight excluding hydrogens is 226 g/mol. The number of carbonyl (C=O) groups is 1. The number of carboxylic acids is 1. The molecule has 4 heteroatoms. The number of nitrogens with one attached hydrogen (secondary N) is 1. The SMILES string of the molecule is O=C(O)C[C@@H]1CCN[C@H]1c1cccc(Cl)c1. The van der Waals surface area contributed by atoms with Crippen LogP contribution in [0.15, 0.2) is 24.3 Å². The topological polar surface area (TPSA) is 49.3 Å². The highest BCUT2D eigenvalue weighted by Crippen LogP contribution is 2.32. The van der Waals surface area contributed by atoms with E-state index in [1.165, 1.54) is 0 Å². The molecule has 0 unspecified atom stereocenters. The highest BCUT2D eigenvalue weighted by molar-refractivity contribution is 6.30. The monoisotopic (exact) mass is 239 g/mol. The summed E-state index contributed by atoms with van der Waals surface area (Å²) in [4.78, 5) is 10.7. The molecule has 16 heavy (non-hydrogen) atoms. The van der Waals surface area contributed by atoms with Gasteiger partial charge in [-0.2, -0.15) is 0 Å². The Kier molecular flexibility index (Phi) is 3.46. The molecule has 0 aromatic heterocycles. The van der Waals surface area contributed by atoms with E-state index in [0.717, 1.165) is 18.5 Å². The van der Waals surface area contributed by atoms with Crippen molar-refractivity contribution in [3.8, 4) is 0 Å². The second kappa shape index (κ2) is 4.85. The molecule has 0 saturated carbocycles. The molecule has 1 aromatic rings. The zero-order valence-corrected chi connectivity index (χ0v) is 9.57. The number of aliphatic carboxylic acids is 1. The molecule has 1 saturated heterocycles. The average Bonchev–Trinajstić information content (AvgIpc) is 2.65. The molecule has 86 valence electrons. The van der Waals surface area contributed by atoms with Crippen LogP contribution in [0.2, 0.25) is 5.02 Å². The van der Waals surface area contributed by atoms with Gasteiger partial charge < -0.3 is 10.4 Å². The summed E-state index contributed by atoms with van der Waals surface area (Å²) >= 11 is 5.93. The van der Waals surface area contributed by atoms with E-state index < -0.39 is 5.97 Å². The maximum atomic E-state index is 10.7. The lowest BCUT2D eigenvalue weighted by Crippen LogP contribution is -2.19. The maximum Gasteiger partial charge on any atom is 0.303 e. The van der Waals surface area contributed by atoms with E-state index in [9.17, 15) is 4.79 Å². The lowest BCUT2D eigenvalue weighted by atomic mass is 9.91. The van der Waals surface area contributed by atoms with Gasteiger partial charge >= 0.3 is 5.97 Å². The van der Waals surface area contributed by atoms with Crippen LogP contribution in [-0.2, 0) is 4.79 Å². The second-order valence-corrected chi connectivity index (χ2v) is 4.57. The molecule has 1 aliphatic heterocycles. The largest absolute Gasteiger partial charge is 0.481 e. The number of hydrogen-bond acceptors (Lipinski definition) is 2. The van der Waals surface area contributed by atoms with Crippen molar-refractivity contribution >= 4 is 17.6 Å². The van der Waals surface area contributed by atoms with Gasteiger partial charge in [-0.3, -0.25) is 4.79 Å². The van der Waals surface area contributed by atoms with E-state index in [-0.39, 0.29) is 18.4 Å². The van der Waals surface area contributed by atoms with Crippen molar-refractivity contribution in [1.29, 1.82) is 0 Å². The Morgan fingerprint density at radius 3 is 3.06 bits per heavy atom. The van der Waals surface area contributed by atoms with Crippen LogP contribution in [0.5, 0.6) is 0 Å². The Labute approximate surface area is 99.4 Å². The first-order valence-electron chi connectivity index (χ1n) is 5.37. The standard InChI is InChI=1S/C12H14ClNO2/c13-10-3-1-2-8(6-10)12-9(4-5-14-12)7-11(15)16/h1-3,6,9,12,14H,4-5,7H2,(H,15,16)/t9-,12-/m0/s1. The molecule has 0 radical (unpaired) electrons. The van der Waals surface area contributed by atoms with Crippen molar-refractivity contribution in [2.24, 2.45) is 5.92 Å². The van der Waals surface area contributed by atoms with E-state index in [0.29, 0.717) is 5.02 Å². The quantitative estimate of drug-likeness (QED) is 0.852. The van der Waals surface area contributed by atoms with E-state index >= 15 is 0 Å². The molecule has 1 fully saturated rings. The van der Waals surface area contributed by atoms with Crippen LogP contribution in [-0.4, -0.2) is 17.6 Å². The van der Waals surface area contributed by atoms with Crippen molar-refractivity contribution in [1.82, 2.24) is 5.32 Å². The molecule has 1 heterocycles. The highest BCUT2D eigenvalue weighted by Gasteiger charge is 2.29. The fourth-order valence-corrected chi connectivity index (χ4v) is 2.49. The Balaban J connectivity index is 2.16. The number of benzene rings is 1. The summed E-state index contributed by atoms with van der Waals surface area (Å²) in [6, 6.07) is 7.74. The van der Waals surface area contributed by atoms with E-state index in [1.54, 1.807) is 0 Å². The minimum absolute atomic E-state index is 0.120. The average molecular weight is 240 g/mol. The van der Waals surface area contributed by atoms with Crippen molar-refractivity contribution in [2.75, 3.05) is 6.54 Å². The van der Waals surface area contributed by atoms with Gasteiger partial charge in [0.2, 0.25) is 0 Å². The van der Waals surface area contributed by atoms with Gasteiger partial charge in [0.1, 0.15) is 0 Å². The molecule has 2 atom stereocenters. The Morgan fingerprint density at radius 1 is 1.56 bits per heavy atom. The van der Waals surface area contributed by atoms with Crippen LogP contribution in [0.1, 0.15) is 24.4 Å². The van der Waals surface area contributed by atoms with Crippen LogP contribution in [0.3, 0.4) is 0 Å². The van der Waals surface area contributed by atoms with E-state index in [1.807, 2.05) is 24.3 Å². The van der Waals surface area contributed by atoms with Crippen molar-refractivity contribution in [3.05, 3.63) is 34.9 Å². The molecule has 2 N–H and O–H groups in total. The van der Waals surface area contributed by atoms with Gasteiger partial charge in [0.15, 0.2) is 0 Å². The lowest BCUT2D eigenvalue weighted by Gasteiger charge is -2.18. The molecule has 3 nitrogen and oxygen atoms in total. The fourth-order valence-electron chi connectivity index (χ4n) is 2.29. The van der Waals surface area contributed by atoms with Crippen LogP contribution in [0.4, 0.5) is 0 Å². The highest BCUT2D eigenvalue weighted by atomic mass is 35.5. The summed E-state index contributed by atoms with van der Waals surface area (Å²) in [5, 5.41) is 12.9. The zero-order valence-electron chi connectivity index (χ0n) is 8.82. The van der Waals surface area contributed by atoms with Gasteiger partial charge in [-0.15, -0.1) is 0 Å². The molecule has 1 aliphatic rings. The van der Waals surface area contributed by atoms with Crippen LogP contribution in [0, 0.1) is 5.92 Å². The first-order chi connectivity index (χ1) is 7.66. The maximum absolute atomic E-state index is 10.7. The first kappa shape index (κ1) is 11.4. The fraction of sp³-hybridized carbons (Fsp3) is 0.417. The molecule has 1 aromatic carbocycles. The molecule has 0 bridgehead atoms. The lowest BCUT2D eigenvalue weighted by molar-refractivity contribution is -0.138. The van der Waals surface area contributed by atoms with E-state index in [4.69, 9.17) is 16.7 Å². The number of halogens is 1. The van der Waals surface area contributed by atoms with Crippen LogP contribution < -0.4 is 5.32 Å². The molecular formula is C12H14ClNO2. The summed E-state index contributed by atoms with van der Waals surface area (Å²) < 4.78 is 0. The van der Waals surface area contributed by atoms with Crippen LogP contribution >= 0.6 is 11.6 Å². The first-order valence-corrected chi connectivity index (χ1v) is 5.75. The van der Waals surface area contributed by atoms with Gasteiger partial charge in [0.25, 0.3) is 0 Å². The molecule has 0 aliphatic carbocycles. The summed E-state index contributed by atoms with van der Waals surface area (Å²) in [5.41, 5.74) is 1.08. The molecule has 0 spiro atoms. The van der Waals surface area contributed by atoms with Gasteiger partial charge in [0.05, 0.1) is 6.42 Å². The predicted molar refractivity (Wildman–Crippen MR) is 62.6 cm³/mol. The third kappa shape index (κ3) is 2.54. The summed E-state index contributed by atoms with van der Waals surface area (Å²) in [6.45, 7) is 0.870. The minimum atomic E-state index is -0.735. The normalized spacial score (nSPS) is 24.6. The number of rotatable bonds is 3. The molecule has 0 amide bonds. The minimum Gasteiger partial charge on any atom is -0.481 e. The Morgan fingerprint density at radius 2 is 2.38 bits per heavy atom. The predicted octanol–water partition coefficient (Wildman–Crippen LogP) is 2.47. The van der Waals surface area contributed by atoms with E-state index in [2.05, 4.69) is 5.32 Å². The Hall–Kier alpha value is -1.06. The summed E-state index contributed by atoms with van der Waals surface area (Å²) in [5.74, 6) is -0.573. The van der Waals surface area contributed by atoms with Crippen molar-refractivity contribution < 1.29 is 9.90 Å². The van der Waals surface area contributed by atoms with Gasteiger partial charge in [0, 0.05) is 11.1 Å². The zero-order chi connectivity index (χ0) is 11.5. The smallest absolute Gasteiger partial charge is 0.303 e. The number of carboxylic acid groups (broad SMARTS) is 1. The van der Waals surface area contributed by atoms with Crippen LogP contribution in [0.25, 0.3) is 0 Å². The van der Waals surface area contributed by atoms with Crippen molar-refractivity contribution in [3.63, 3.8) is 0 Å². The number of hydrogen-bond donors (Lipinski definition) is 2.